The van der Waals surface area contributed by atoms with Crippen LogP contribution in [0.1, 0.15) is 26.7 Å². The van der Waals surface area contributed by atoms with E-state index in [4.69, 9.17) is 0 Å². The van der Waals surface area contributed by atoms with Crippen LogP contribution >= 0.6 is 0 Å². The minimum atomic E-state index is -3.25. The Kier molecular flexibility index (Phi) is 5.85. The van der Waals surface area contributed by atoms with Gasteiger partial charge in [-0.3, -0.25) is 0 Å². The predicted molar refractivity (Wildman–Crippen MR) is 70.1 cm³/mol. The highest BCUT2D eigenvalue weighted by atomic mass is 32.2. The SMILES string of the molecule is CC(C)CCN(C)S(=O)(=O)N1CCCNCC1. The van der Waals surface area contributed by atoms with Crippen LogP contribution in [0.3, 0.4) is 0 Å². The van der Waals surface area contributed by atoms with Gasteiger partial charge in [-0.1, -0.05) is 13.8 Å². The molecule has 0 atom stereocenters. The van der Waals surface area contributed by atoms with E-state index in [1.807, 2.05) is 0 Å². The molecule has 0 saturated carbocycles. The van der Waals surface area contributed by atoms with Gasteiger partial charge in [0.1, 0.15) is 0 Å². The van der Waals surface area contributed by atoms with Crippen LogP contribution in [0.15, 0.2) is 0 Å². The van der Waals surface area contributed by atoms with Gasteiger partial charge in [-0.25, -0.2) is 0 Å². The topological polar surface area (TPSA) is 52.7 Å². The first-order valence-corrected chi connectivity index (χ1v) is 7.76. The maximum Gasteiger partial charge on any atom is 0.281 e. The Balaban J connectivity index is 2.58. The number of nitrogens with one attached hydrogen (secondary N) is 1. The lowest BCUT2D eigenvalue weighted by molar-refractivity contribution is 0.358. The second-order valence-corrected chi connectivity index (χ2v) is 7.05. The predicted octanol–water partition coefficient (Wildman–Crippen LogP) is 0.504. The summed E-state index contributed by atoms with van der Waals surface area (Å²) in [5, 5.41) is 3.21. The minimum absolute atomic E-state index is 0.526. The van der Waals surface area contributed by atoms with Crippen molar-refractivity contribution in [2.24, 2.45) is 5.92 Å². The van der Waals surface area contributed by atoms with Crippen molar-refractivity contribution in [2.45, 2.75) is 26.7 Å². The first-order valence-electron chi connectivity index (χ1n) is 6.36. The molecule has 1 aliphatic heterocycles. The molecule has 0 spiro atoms. The Labute approximate surface area is 105 Å². The van der Waals surface area contributed by atoms with Crippen molar-refractivity contribution in [2.75, 3.05) is 39.8 Å². The van der Waals surface area contributed by atoms with Crippen molar-refractivity contribution >= 4 is 10.2 Å². The molecule has 102 valence electrons. The molecule has 1 rings (SSSR count). The van der Waals surface area contributed by atoms with Gasteiger partial charge in [0.2, 0.25) is 0 Å². The third kappa shape index (κ3) is 4.54. The summed E-state index contributed by atoms with van der Waals surface area (Å²) in [4.78, 5) is 0. The summed E-state index contributed by atoms with van der Waals surface area (Å²) in [6, 6.07) is 0. The van der Waals surface area contributed by atoms with Crippen molar-refractivity contribution in [3.63, 3.8) is 0 Å². The molecule has 1 N–H and O–H groups in total. The zero-order valence-electron chi connectivity index (χ0n) is 11.1. The van der Waals surface area contributed by atoms with Crippen LogP contribution in [-0.2, 0) is 10.2 Å². The molecular formula is C11H25N3O2S. The van der Waals surface area contributed by atoms with Crippen molar-refractivity contribution in [3.05, 3.63) is 0 Å². The van der Waals surface area contributed by atoms with E-state index in [0.717, 1.165) is 25.9 Å². The number of hydrogen-bond donors (Lipinski definition) is 1. The van der Waals surface area contributed by atoms with E-state index in [9.17, 15) is 8.42 Å². The highest BCUT2D eigenvalue weighted by Crippen LogP contribution is 2.10. The summed E-state index contributed by atoms with van der Waals surface area (Å²) in [6.07, 6.45) is 1.79. The Bertz CT molecular complexity index is 309. The molecule has 1 fully saturated rings. The van der Waals surface area contributed by atoms with Crippen LogP contribution in [0.5, 0.6) is 0 Å². The maximum atomic E-state index is 12.3. The fraction of sp³-hybridized carbons (Fsp3) is 1.00. The number of hydrogen-bond acceptors (Lipinski definition) is 3. The lowest BCUT2D eigenvalue weighted by Crippen LogP contribution is -2.43. The van der Waals surface area contributed by atoms with E-state index in [0.29, 0.717) is 25.6 Å². The van der Waals surface area contributed by atoms with E-state index in [-0.39, 0.29) is 0 Å². The van der Waals surface area contributed by atoms with Gasteiger partial charge >= 0.3 is 0 Å². The number of rotatable bonds is 5. The normalized spacial score (nSPS) is 19.8. The monoisotopic (exact) mass is 263 g/mol. The summed E-state index contributed by atoms with van der Waals surface area (Å²) < 4.78 is 27.6. The lowest BCUT2D eigenvalue weighted by atomic mass is 10.1. The Morgan fingerprint density at radius 3 is 2.65 bits per heavy atom. The molecule has 0 aromatic carbocycles. The van der Waals surface area contributed by atoms with Gasteiger partial charge in [0.05, 0.1) is 0 Å². The fourth-order valence-electron chi connectivity index (χ4n) is 1.80. The third-order valence-corrected chi connectivity index (χ3v) is 5.03. The van der Waals surface area contributed by atoms with Gasteiger partial charge in [0, 0.05) is 33.2 Å². The Morgan fingerprint density at radius 1 is 1.29 bits per heavy atom. The van der Waals surface area contributed by atoms with Crippen LogP contribution in [0.25, 0.3) is 0 Å². The van der Waals surface area contributed by atoms with Gasteiger partial charge in [0.15, 0.2) is 0 Å². The highest BCUT2D eigenvalue weighted by Gasteiger charge is 2.26. The lowest BCUT2D eigenvalue weighted by Gasteiger charge is -2.26. The summed E-state index contributed by atoms with van der Waals surface area (Å²) >= 11 is 0. The van der Waals surface area contributed by atoms with Crippen molar-refractivity contribution in [1.29, 1.82) is 0 Å². The van der Waals surface area contributed by atoms with Crippen LogP contribution in [-0.4, -0.2) is 56.8 Å². The molecule has 0 bridgehead atoms. The first kappa shape index (κ1) is 14.9. The molecule has 0 aromatic rings. The first-order chi connectivity index (χ1) is 7.94. The minimum Gasteiger partial charge on any atom is -0.315 e. The fourth-order valence-corrected chi connectivity index (χ4v) is 3.22. The molecular weight excluding hydrogens is 238 g/mol. The molecule has 1 aliphatic rings. The zero-order chi connectivity index (χ0) is 12.9. The molecule has 0 amide bonds. The molecule has 17 heavy (non-hydrogen) atoms. The summed E-state index contributed by atoms with van der Waals surface area (Å²) in [7, 11) is -1.58. The smallest absolute Gasteiger partial charge is 0.281 e. The second kappa shape index (κ2) is 6.68. The molecule has 5 nitrogen and oxygen atoms in total. The van der Waals surface area contributed by atoms with E-state index >= 15 is 0 Å². The third-order valence-electron chi connectivity index (χ3n) is 3.04. The van der Waals surface area contributed by atoms with Gasteiger partial charge in [-0.05, 0) is 25.3 Å². The Hall–Kier alpha value is -0.170. The van der Waals surface area contributed by atoms with Crippen LogP contribution in [0.4, 0.5) is 0 Å². The maximum absolute atomic E-state index is 12.3. The molecule has 6 heteroatoms. The molecule has 0 radical (unpaired) electrons. The Morgan fingerprint density at radius 2 is 2.00 bits per heavy atom. The quantitative estimate of drug-likeness (QED) is 0.786. The standard InChI is InChI=1S/C11H25N3O2S/c1-11(2)5-9-13(3)17(15,16)14-8-4-6-12-7-10-14/h11-12H,4-10H2,1-3H3. The van der Waals surface area contributed by atoms with Gasteiger partial charge < -0.3 is 5.32 Å². The van der Waals surface area contributed by atoms with Crippen molar-refractivity contribution in [1.82, 2.24) is 13.9 Å². The average Bonchev–Trinajstić information content (AvgIpc) is 2.54. The largest absolute Gasteiger partial charge is 0.315 e. The molecule has 1 heterocycles. The van der Waals surface area contributed by atoms with Gasteiger partial charge in [0.25, 0.3) is 10.2 Å². The average molecular weight is 263 g/mol. The van der Waals surface area contributed by atoms with E-state index < -0.39 is 10.2 Å². The van der Waals surface area contributed by atoms with Crippen molar-refractivity contribution in [3.8, 4) is 0 Å². The van der Waals surface area contributed by atoms with Gasteiger partial charge in [-0.2, -0.15) is 17.0 Å². The van der Waals surface area contributed by atoms with E-state index in [2.05, 4.69) is 19.2 Å². The van der Waals surface area contributed by atoms with E-state index in [1.165, 1.54) is 4.31 Å². The zero-order valence-corrected chi connectivity index (χ0v) is 12.0. The molecule has 0 aromatic heterocycles. The number of nitrogens with zero attached hydrogens (tertiary/aromatic N) is 2. The molecule has 0 aliphatic carbocycles. The summed E-state index contributed by atoms with van der Waals surface area (Å²) in [6.45, 7) is 7.67. The van der Waals surface area contributed by atoms with Crippen LogP contribution < -0.4 is 5.32 Å². The van der Waals surface area contributed by atoms with Gasteiger partial charge in [-0.15, -0.1) is 0 Å². The van der Waals surface area contributed by atoms with Crippen LogP contribution in [0.2, 0.25) is 0 Å². The van der Waals surface area contributed by atoms with Crippen molar-refractivity contribution < 1.29 is 8.42 Å². The van der Waals surface area contributed by atoms with E-state index in [1.54, 1.807) is 11.4 Å². The molecule has 0 unspecified atom stereocenters. The summed E-state index contributed by atoms with van der Waals surface area (Å²) in [5.41, 5.74) is 0. The highest BCUT2D eigenvalue weighted by molar-refractivity contribution is 7.86. The second-order valence-electron chi connectivity index (χ2n) is 5.01. The molecule has 1 saturated heterocycles. The summed E-state index contributed by atoms with van der Waals surface area (Å²) in [5.74, 6) is 0.526. The van der Waals surface area contributed by atoms with Crippen LogP contribution in [0, 0.1) is 5.92 Å².